The summed E-state index contributed by atoms with van der Waals surface area (Å²) in [5, 5.41) is 18.4. The molecule has 0 amide bonds. The molecule has 0 heterocycles. The van der Waals surface area contributed by atoms with E-state index in [2.05, 4.69) is 0 Å². The Balaban J connectivity index is 3.22. The molecule has 0 bridgehead atoms. The summed E-state index contributed by atoms with van der Waals surface area (Å²) in [5.74, 6) is -1.26. The molecule has 0 radical (unpaired) electrons. The Morgan fingerprint density at radius 3 is 2.47 bits per heavy atom. The van der Waals surface area contributed by atoms with Crippen molar-refractivity contribution in [1.29, 1.82) is 0 Å². The molecule has 1 unspecified atom stereocenters. The highest BCUT2D eigenvalue weighted by Crippen LogP contribution is 2.23. The summed E-state index contributed by atoms with van der Waals surface area (Å²) in [6.07, 6.45) is -0.677. The lowest BCUT2D eigenvalue weighted by Gasteiger charge is -2.14. The number of benzene rings is 1. The number of carbonyl (C=O) groups excluding carboxylic acids is 1. The molecule has 1 aromatic rings. The van der Waals surface area contributed by atoms with Crippen molar-refractivity contribution in [3.8, 4) is 0 Å². The van der Waals surface area contributed by atoms with E-state index < -0.39 is 12.1 Å². The third kappa shape index (κ3) is 3.14. The van der Waals surface area contributed by atoms with Crippen molar-refractivity contribution in [3.05, 3.63) is 34.9 Å². The molecule has 4 nitrogen and oxygen atoms in total. The maximum atomic E-state index is 11.1. The summed E-state index contributed by atoms with van der Waals surface area (Å²) >= 11 is 0. The fraction of sp³-hybridized carbons (Fsp3) is 0.385. The SMILES string of the molecule is CCc1c(CC(C)=O)cccc1C(O)C(=O)O. The van der Waals surface area contributed by atoms with E-state index in [9.17, 15) is 14.7 Å². The number of carboxylic acid groups (broad SMARTS) is 1. The van der Waals surface area contributed by atoms with Crippen LogP contribution in [0.2, 0.25) is 0 Å². The summed E-state index contributed by atoms with van der Waals surface area (Å²) in [4.78, 5) is 21.9. The van der Waals surface area contributed by atoms with Gasteiger partial charge in [0.1, 0.15) is 5.78 Å². The summed E-state index contributed by atoms with van der Waals surface area (Å²) < 4.78 is 0. The summed E-state index contributed by atoms with van der Waals surface area (Å²) in [6, 6.07) is 5.04. The zero-order valence-corrected chi connectivity index (χ0v) is 9.93. The van der Waals surface area contributed by atoms with Gasteiger partial charge in [0.2, 0.25) is 0 Å². The van der Waals surface area contributed by atoms with E-state index in [1.807, 2.05) is 6.92 Å². The van der Waals surface area contributed by atoms with Crippen molar-refractivity contribution in [2.75, 3.05) is 0 Å². The van der Waals surface area contributed by atoms with Crippen LogP contribution in [-0.4, -0.2) is 22.0 Å². The smallest absolute Gasteiger partial charge is 0.337 e. The van der Waals surface area contributed by atoms with Gasteiger partial charge in [-0.3, -0.25) is 4.79 Å². The Labute approximate surface area is 99.9 Å². The van der Waals surface area contributed by atoms with Gasteiger partial charge in [-0.25, -0.2) is 4.79 Å². The predicted molar refractivity (Wildman–Crippen MR) is 62.8 cm³/mol. The topological polar surface area (TPSA) is 74.6 Å². The minimum absolute atomic E-state index is 0.0154. The van der Waals surface area contributed by atoms with E-state index in [0.717, 1.165) is 11.1 Å². The molecule has 1 aromatic carbocycles. The Morgan fingerprint density at radius 2 is 2.00 bits per heavy atom. The largest absolute Gasteiger partial charge is 0.479 e. The van der Waals surface area contributed by atoms with Crippen molar-refractivity contribution in [2.45, 2.75) is 32.8 Å². The second kappa shape index (κ2) is 5.59. The fourth-order valence-corrected chi connectivity index (χ4v) is 1.91. The number of aliphatic hydroxyl groups excluding tert-OH is 1. The lowest BCUT2D eigenvalue weighted by Crippen LogP contribution is -2.14. The summed E-state index contributed by atoms with van der Waals surface area (Å²) in [6.45, 7) is 3.36. The molecule has 0 aromatic heterocycles. The standard InChI is InChI=1S/C13H16O4/c1-3-10-9(7-8(2)14)5-4-6-11(10)12(15)13(16)17/h4-6,12,15H,3,7H2,1-2H3,(H,16,17). The molecule has 92 valence electrons. The zero-order chi connectivity index (χ0) is 13.0. The van der Waals surface area contributed by atoms with Crippen molar-refractivity contribution >= 4 is 11.8 Å². The summed E-state index contributed by atoms with van der Waals surface area (Å²) in [5.41, 5.74) is 1.91. The molecule has 1 rings (SSSR count). The van der Waals surface area contributed by atoms with Gasteiger partial charge in [0.25, 0.3) is 0 Å². The van der Waals surface area contributed by atoms with Gasteiger partial charge >= 0.3 is 5.97 Å². The van der Waals surface area contributed by atoms with Gasteiger partial charge in [-0.1, -0.05) is 25.1 Å². The van der Waals surface area contributed by atoms with Crippen LogP contribution < -0.4 is 0 Å². The van der Waals surface area contributed by atoms with Crippen molar-refractivity contribution in [3.63, 3.8) is 0 Å². The molecule has 0 spiro atoms. The number of Topliss-reactive ketones (excluding diaryl/α,β-unsaturated/α-hetero) is 1. The number of carboxylic acids is 1. The van der Waals surface area contributed by atoms with Gasteiger partial charge in [-0.05, 0) is 30.0 Å². The monoisotopic (exact) mass is 236 g/mol. The van der Waals surface area contributed by atoms with Crippen LogP contribution in [0.1, 0.15) is 36.6 Å². The first kappa shape index (κ1) is 13.4. The van der Waals surface area contributed by atoms with Crippen LogP contribution >= 0.6 is 0 Å². The number of aliphatic hydroxyl groups is 1. The van der Waals surface area contributed by atoms with Gasteiger partial charge in [0, 0.05) is 6.42 Å². The van der Waals surface area contributed by atoms with E-state index in [-0.39, 0.29) is 12.2 Å². The van der Waals surface area contributed by atoms with Gasteiger partial charge in [-0.2, -0.15) is 0 Å². The molecule has 0 saturated carbocycles. The van der Waals surface area contributed by atoms with Crippen molar-refractivity contribution in [2.24, 2.45) is 0 Å². The Hall–Kier alpha value is -1.68. The van der Waals surface area contributed by atoms with Crippen molar-refractivity contribution in [1.82, 2.24) is 0 Å². The minimum atomic E-state index is -1.53. The maximum Gasteiger partial charge on any atom is 0.337 e. The third-order valence-corrected chi connectivity index (χ3v) is 2.63. The van der Waals surface area contributed by atoms with Gasteiger partial charge in [0.15, 0.2) is 6.10 Å². The lowest BCUT2D eigenvalue weighted by molar-refractivity contribution is -0.147. The normalized spacial score (nSPS) is 12.2. The molecule has 0 aliphatic rings. The van der Waals surface area contributed by atoms with Gasteiger partial charge in [0.05, 0.1) is 0 Å². The molecule has 0 aliphatic carbocycles. The van der Waals surface area contributed by atoms with Crippen LogP contribution in [0.5, 0.6) is 0 Å². The molecular formula is C13H16O4. The van der Waals surface area contributed by atoms with Crippen molar-refractivity contribution < 1.29 is 19.8 Å². The summed E-state index contributed by atoms with van der Waals surface area (Å²) in [7, 11) is 0. The number of aliphatic carboxylic acids is 1. The maximum absolute atomic E-state index is 11.1. The van der Waals surface area contributed by atoms with Crippen LogP contribution in [0.3, 0.4) is 0 Å². The molecule has 0 saturated heterocycles. The average Bonchev–Trinajstić information content (AvgIpc) is 2.26. The second-order valence-corrected chi connectivity index (χ2v) is 3.96. The Morgan fingerprint density at radius 1 is 1.35 bits per heavy atom. The third-order valence-electron chi connectivity index (χ3n) is 2.63. The highest BCUT2D eigenvalue weighted by Gasteiger charge is 2.20. The van der Waals surface area contributed by atoms with E-state index in [1.165, 1.54) is 6.92 Å². The average molecular weight is 236 g/mol. The van der Waals surface area contributed by atoms with E-state index in [4.69, 9.17) is 5.11 Å². The molecule has 17 heavy (non-hydrogen) atoms. The van der Waals surface area contributed by atoms with Crippen LogP contribution in [0.4, 0.5) is 0 Å². The molecule has 1 atom stereocenters. The van der Waals surface area contributed by atoms with E-state index >= 15 is 0 Å². The highest BCUT2D eigenvalue weighted by atomic mass is 16.4. The lowest BCUT2D eigenvalue weighted by atomic mass is 9.93. The highest BCUT2D eigenvalue weighted by molar-refractivity contribution is 5.79. The minimum Gasteiger partial charge on any atom is -0.479 e. The van der Waals surface area contributed by atoms with Gasteiger partial charge in [-0.15, -0.1) is 0 Å². The number of hydrogen-bond donors (Lipinski definition) is 2. The number of hydrogen-bond acceptors (Lipinski definition) is 3. The first-order valence-corrected chi connectivity index (χ1v) is 5.48. The van der Waals surface area contributed by atoms with Crippen LogP contribution in [0, 0.1) is 0 Å². The van der Waals surface area contributed by atoms with Crippen LogP contribution in [0.15, 0.2) is 18.2 Å². The van der Waals surface area contributed by atoms with E-state index in [1.54, 1.807) is 18.2 Å². The molecule has 0 fully saturated rings. The quantitative estimate of drug-likeness (QED) is 0.812. The Bertz CT molecular complexity index is 437. The van der Waals surface area contributed by atoms with Crippen LogP contribution in [0.25, 0.3) is 0 Å². The first-order chi connectivity index (χ1) is 7.97. The second-order valence-electron chi connectivity index (χ2n) is 3.96. The first-order valence-electron chi connectivity index (χ1n) is 5.48. The number of rotatable bonds is 5. The number of carbonyl (C=O) groups is 2. The molecular weight excluding hydrogens is 220 g/mol. The zero-order valence-electron chi connectivity index (χ0n) is 9.93. The fourth-order valence-electron chi connectivity index (χ4n) is 1.91. The molecule has 4 heteroatoms. The Kier molecular flexibility index (Phi) is 4.40. The van der Waals surface area contributed by atoms with E-state index in [0.29, 0.717) is 12.0 Å². The van der Waals surface area contributed by atoms with Crippen LogP contribution in [-0.2, 0) is 22.4 Å². The predicted octanol–water partition coefficient (Wildman–Crippen LogP) is 1.50. The number of ketones is 1. The van der Waals surface area contributed by atoms with Gasteiger partial charge < -0.3 is 10.2 Å². The molecule has 0 aliphatic heterocycles. The molecule has 2 N–H and O–H groups in total.